The Morgan fingerprint density at radius 3 is 2.69 bits per heavy atom. The van der Waals surface area contributed by atoms with Crippen LogP contribution in [0.25, 0.3) is 0 Å². The van der Waals surface area contributed by atoms with Crippen LogP contribution in [0.1, 0.15) is 50.5 Å². The summed E-state index contributed by atoms with van der Waals surface area (Å²) >= 11 is 0. The minimum absolute atomic E-state index is 0. The van der Waals surface area contributed by atoms with Crippen molar-refractivity contribution in [3.8, 4) is 11.5 Å². The first-order chi connectivity index (χ1) is 12.3. The number of likely N-dealkylation sites (tertiary alicyclic amines) is 1. The SMILES string of the molecule is COc1cccc2c1OC1C3CCC4(CC3)CN(CC3CC3)CCC214.Cl. The Balaban J connectivity index is 0.00000150. The first-order valence-electron chi connectivity index (χ1n) is 10.3. The summed E-state index contributed by atoms with van der Waals surface area (Å²) in [6, 6.07) is 6.62. The first kappa shape index (κ1) is 17.2. The van der Waals surface area contributed by atoms with Crippen LogP contribution < -0.4 is 9.47 Å². The normalized spacial score (nSPS) is 40.0. The van der Waals surface area contributed by atoms with E-state index >= 15 is 0 Å². The van der Waals surface area contributed by atoms with Crippen LogP contribution in [0, 0.1) is 17.3 Å². The van der Waals surface area contributed by atoms with Gasteiger partial charge in [-0.25, -0.2) is 0 Å². The molecule has 2 heterocycles. The Labute approximate surface area is 162 Å². The summed E-state index contributed by atoms with van der Waals surface area (Å²) in [5, 5.41) is 0. The predicted octanol–water partition coefficient (Wildman–Crippen LogP) is 4.42. The molecule has 0 amide bonds. The number of para-hydroxylation sites is 1. The third-order valence-corrected chi connectivity index (χ3v) is 8.33. The Kier molecular flexibility index (Phi) is 3.82. The van der Waals surface area contributed by atoms with Crippen LogP contribution in [-0.4, -0.2) is 37.7 Å². The molecular formula is C22H30ClNO2. The number of methoxy groups -OCH3 is 1. The second-order valence-corrected chi connectivity index (χ2v) is 9.39. The van der Waals surface area contributed by atoms with Gasteiger partial charge in [0.1, 0.15) is 6.10 Å². The molecule has 2 unspecified atom stereocenters. The smallest absolute Gasteiger partial charge is 0.165 e. The largest absolute Gasteiger partial charge is 0.493 e. The third kappa shape index (κ3) is 2.05. The first-order valence-corrected chi connectivity index (χ1v) is 10.3. The van der Waals surface area contributed by atoms with E-state index in [1.807, 2.05) is 0 Å². The van der Waals surface area contributed by atoms with Crippen LogP contribution in [0.15, 0.2) is 18.2 Å². The van der Waals surface area contributed by atoms with Gasteiger partial charge in [0, 0.05) is 24.1 Å². The third-order valence-electron chi connectivity index (χ3n) is 8.33. The number of rotatable bonds is 3. The zero-order valence-electron chi connectivity index (χ0n) is 15.7. The number of hydrogen-bond acceptors (Lipinski definition) is 3. The predicted molar refractivity (Wildman–Crippen MR) is 105 cm³/mol. The Morgan fingerprint density at radius 2 is 1.96 bits per heavy atom. The number of halogens is 1. The van der Waals surface area contributed by atoms with Crippen molar-refractivity contribution in [2.24, 2.45) is 17.3 Å². The van der Waals surface area contributed by atoms with Crippen molar-refractivity contribution in [2.45, 2.75) is 56.5 Å². The molecule has 5 fully saturated rings. The molecule has 0 radical (unpaired) electrons. The quantitative estimate of drug-likeness (QED) is 0.780. The number of fused-ring (bicyclic) bond motifs is 3. The minimum atomic E-state index is 0. The summed E-state index contributed by atoms with van der Waals surface area (Å²) in [7, 11) is 1.78. The number of nitrogens with zero attached hydrogens (tertiary/aromatic N) is 1. The fraction of sp³-hybridized carbons (Fsp3) is 0.727. The van der Waals surface area contributed by atoms with Gasteiger partial charge in [0.2, 0.25) is 0 Å². The average Bonchev–Trinajstić information content (AvgIpc) is 3.39. The van der Waals surface area contributed by atoms with Crippen LogP contribution in [-0.2, 0) is 5.41 Å². The van der Waals surface area contributed by atoms with E-state index in [0.717, 1.165) is 23.3 Å². The van der Waals surface area contributed by atoms with Crippen molar-refractivity contribution in [3.05, 3.63) is 23.8 Å². The van der Waals surface area contributed by atoms with Gasteiger partial charge in [0.15, 0.2) is 11.5 Å². The number of benzene rings is 1. The molecule has 26 heavy (non-hydrogen) atoms. The van der Waals surface area contributed by atoms with Gasteiger partial charge in [0.05, 0.1) is 7.11 Å². The van der Waals surface area contributed by atoms with Gasteiger partial charge < -0.3 is 14.4 Å². The van der Waals surface area contributed by atoms with Crippen LogP contribution in [0.3, 0.4) is 0 Å². The van der Waals surface area contributed by atoms with Crippen LogP contribution >= 0.6 is 12.4 Å². The molecular weight excluding hydrogens is 346 g/mol. The molecule has 6 aliphatic rings. The second kappa shape index (κ2) is 5.78. The van der Waals surface area contributed by atoms with Gasteiger partial charge in [-0.3, -0.25) is 0 Å². The van der Waals surface area contributed by atoms with Crippen LogP contribution in [0.4, 0.5) is 0 Å². The molecule has 142 valence electrons. The molecule has 2 atom stereocenters. The molecule has 4 aliphatic carbocycles. The lowest BCUT2D eigenvalue weighted by Crippen LogP contribution is -2.68. The lowest BCUT2D eigenvalue weighted by molar-refractivity contribution is -0.144. The molecule has 4 saturated carbocycles. The summed E-state index contributed by atoms with van der Waals surface area (Å²) in [5.41, 5.74) is 2.15. The number of hydrogen-bond donors (Lipinski definition) is 0. The Morgan fingerprint density at radius 1 is 1.15 bits per heavy atom. The highest BCUT2D eigenvalue weighted by Gasteiger charge is 2.69. The summed E-state index contributed by atoms with van der Waals surface area (Å²) in [5.74, 6) is 3.75. The molecule has 3 nitrogen and oxygen atoms in total. The Bertz CT molecular complexity index is 710. The van der Waals surface area contributed by atoms with Crippen molar-refractivity contribution in [1.82, 2.24) is 4.90 Å². The van der Waals surface area contributed by atoms with Crippen molar-refractivity contribution in [2.75, 3.05) is 26.7 Å². The molecule has 2 spiro atoms. The number of piperidine rings is 1. The highest BCUT2D eigenvalue weighted by Crippen LogP contribution is 2.70. The van der Waals surface area contributed by atoms with E-state index < -0.39 is 0 Å². The molecule has 1 aromatic rings. The maximum absolute atomic E-state index is 6.71. The van der Waals surface area contributed by atoms with E-state index in [-0.39, 0.29) is 17.8 Å². The van der Waals surface area contributed by atoms with Crippen LogP contribution in [0.2, 0.25) is 0 Å². The highest BCUT2D eigenvalue weighted by molar-refractivity contribution is 5.85. The second-order valence-electron chi connectivity index (χ2n) is 9.39. The van der Waals surface area contributed by atoms with Crippen molar-refractivity contribution >= 4 is 12.4 Å². The zero-order valence-corrected chi connectivity index (χ0v) is 16.5. The molecule has 2 bridgehead atoms. The monoisotopic (exact) mass is 375 g/mol. The summed E-state index contributed by atoms with van der Waals surface area (Å²) in [4.78, 5) is 2.81. The van der Waals surface area contributed by atoms with Gasteiger partial charge in [0.25, 0.3) is 0 Å². The lowest BCUT2D eigenvalue weighted by Gasteiger charge is -2.65. The molecule has 2 aliphatic heterocycles. The van der Waals surface area contributed by atoms with Gasteiger partial charge in [-0.2, -0.15) is 0 Å². The summed E-state index contributed by atoms with van der Waals surface area (Å²) in [6.07, 6.45) is 10.1. The fourth-order valence-corrected chi connectivity index (χ4v) is 7.06. The number of ether oxygens (including phenoxy) is 2. The lowest BCUT2D eigenvalue weighted by atomic mass is 9.42. The summed E-state index contributed by atoms with van der Waals surface area (Å²) < 4.78 is 12.4. The molecule has 1 saturated heterocycles. The van der Waals surface area contributed by atoms with Crippen LogP contribution in [0.5, 0.6) is 11.5 Å². The molecule has 7 rings (SSSR count). The maximum Gasteiger partial charge on any atom is 0.165 e. The zero-order chi connectivity index (χ0) is 16.6. The Hall–Kier alpha value is -0.930. The minimum Gasteiger partial charge on any atom is -0.493 e. The standard InChI is InChI=1S/C22H29NO2.ClH/c1-24-18-4-2-3-17-19(18)25-20-16-7-9-21(10-8-16)14-23(13-15-5-6-15)12-11-22(17,20)21;/h2-4,15-16,20H,5-14H2,1H3;1H. The average molecular weight is 376 g/mol. The van der Waals surface area contributed by atoms with Gasteiger partial charge >= 0.3 is 0 Å². The van der Waals surface area contributed by atoms with E-state index in [2.05, 4.69) is 23.1 Å². The fourth-order valence-electron chi connectivity index (χ4n) is 7.06. The van der Waals surface area contributed by atoms with Gasteiger partial charge in [-0.15, -0.1) is 12.4 Å². The van der Waals surface area contributed by atoms with E-state index in [9.17, 15) is 0 Å². The molecule has 4 heteroatoms. The van der Waals surface area contributed by atoms with Crippen molar-refractivity contribution in [1.29, 1.82) is 0 Å². The maximum atomic E-state index is 6.71. The van der Waals surface area contributed by atoms with E-state index in [4.69, 9.17) is 9.47 Å². The van der Waals surface area contributed by atoms with E-state index in [1.165, 1.54) is 70.1 Å². The van der Waals surface area contributed by atoms with E-state index in [0.29, 0.717) is 11.5 Å². The topological polar surface area (TPSA) is 21.7 Å². The molecule has 0 N–H and O–H groups in total. The molecule has 1 aromatic carbocycles. The molecule has 0 aromatic heterocycles. The van der Waals surface area contributed by atoms with E-state index in [1.54, 1.807) is 7.11 Å². The van der Waals surface area contributed by atoms with Gasteiger partial charge in [-0.1, -0.05) is 12.1 Å². The van der Waals surface area contributed by atoms with Crippen molar-refractivity contribution in [3.63, 3.8) is 0 Å². The van der Waals surface area contributed by atoms with Gasteiger partial charge in [-0.05, 0) is 74.8 Å². The highest BCUT2D eigenvalue weighted by atomic mass is 35.5. The van der Waals surface area contributed by atoms with Crippen molar-refractivity contribution < 1.29 is 9.47 Å². The summed E-state index contributed by atoms with van der Waals surface area (Å²) in [6.45, 7) is 3.89.